The van der Waals surface area contributed by atoms with Crippen molar-refractivity contribution in [2.45, 2.75) is 12.1 Å². The summed E-state index contributed by atoms with van der Waals surface area (Å²) in [6.07, 6.45) is 1.81. The molecular weight excluding hydrogens is 330 g/mol. The summed E-state index contributed by atoms with van der Waals surface area (Å²) >= 11 is 0. The van der Waals surface area contributed by atoms with Crippen LogP contribution in [0.1, 0.15) is 5.69 Å². The lowest BCUT2D eigenvalue weighted by Crippen LogP contribution is -2.60. The molecule has 1 aromatic heterocycles. The third-order valence-electron chi connectivity index (χ3n) is 4.86. The molecular formula is C20H23N3O3. The standard InChI is InChI=1S/C20H23N3O3/c24-19-13-26-20(15-23(19)18-7-2-1-3-8-18)14-22(10-11-25-16-20)12-17-6-4-5-9-21-17/h1-9H,10-16H2/t20-/m1/s1. The van der Waals surface area contributed by atoms with Crippen LogP contribution >= 0.6 is 0 Å². The molecule has 0 radical (unpaired) electrons. The Kier molecular flexibility index (Phi) is 4.97. The van der Waals surface area contributed by atoms with Crippen molar-refractivity contribution in [3.63, 3.8) is 0 Å². The summed E-state index contributed by atoms with van der Waals surface area (Å²) in [7, 11) is 0. The zero-order valence-corrected chi connectivity index (χ0v) is 14.7. The summed E-state index contributed by atoms with van der Waals surface area (Å²) in [4.78, 5) is 21.0. The van der Waals surface area contributed by atoms with Gasteiger partial charge < -0.3 is 14.4 Å². The molecule has 6 heteroatoms. The molecule has 2 aliphatic rings. The van der Waals surface area contributed by atoms with Crippen LogP contribution < -0.4 is 4.90 Å². The van der Waals surface area contributed by atoms with Gasteiger partial charge in [-0.15, -0.1) is 0 Å². The van der Waals surface area contributed by atoms with Crippen LogP contribution in [0, 0.1) is 0 Å². The highest BCUT2D eigenvalue weighted by molar-refractivity contribution is 5.95. The molecule has 6 nitrogen and oxygen atoms in total. The first-order valence-electron chi connectivity index (χ1n) is 8.94. The van der Waals surface area contributed by atoms with E-state index in [9.17, 15) is 4.79 Å². The van der Waals surface area contributed by atoms with Crippen molar-refractivity contribution in [1.82, 2.24) is 9.88 Å². The van der Waals surface area contributed by atoms with Crippen LogP contribution in [0.2, 0.25) is 0 Å². The maximum absolute atomic E-state index is 12.4. The smallest absolute Gasteiger partial charge is 0.253 e. The maximum atomic E-state index is 12.4. The number of ether oxygens (including phenoxy) is 2. The van der Waals surface area contributed by atoms with E-state index in [2.05, 4.69) is 9.88 Å². The number of hydrogen-bond acceptors (Lipinski definition) is 5. The van der Waals surface area contributed by atoms with Crippen LogP contribution in [-0.2, 0) is 20.8 Å². The lowest BCUT2D eigenvalue weighted by molar-refractivity contribution is -0.146. The Labute approximate surface area is 153 Å². The van der Waals surface area contributed by atoms with E-state index in [4.69, 9.17) is 9.47 Å². The molecule has 0 bridgehead atoms. The van der Waals surface area contributed by atoms with Crippen molar-refractivity contribution < 1.29 is 14.3 Å². The number of benzene rings is 1. The minimum atomic E-state index is -0.519. The van der Waals surface area contributed by atoms with Gasteiger partial charge in [0.05, 0.1) is 25.5 Å². The summed E-state index contributed by atoms with van der Waals surface area (Å²) in [5.41, 5.74) is 1.41. The van der Waals surface area contributed by atoms with Crippen molar-refractivity contribution in [3.8, 4) is 0 Å². The third kappa shape index (κ3) is 3.77. The van der Waals surface area contributed by atoms with Crippen LogP contribution in [0.5, 0.6) is 0 Å². The van der Waals surface area contributed by atoms with Gasteiger partial charge in [0, 0.05) is 31.5 Å². The van der Waals surface area contributed by atoms with Crippen LogP contribution in [0.25, 0.3) is 0 Å². The van der Waals surface area contributed by atoms with Gasteiger partial charge >= 0.3 is 0 Å². The number of hydrogen-bond donors (Lipinski definition) is 0. The van der Waals surface area contributed by atoms with Crippen LogP contribution in [0.3, 0.4) is 0 Å². The van der Waals surface area contributed by atoms with Gasteiger partial charge in [0.2, 0.25) is 0 Å². The molecule has 1 aromatic carbocycles. The molecule has 136 valence electrons. The Balaban J connectivity index is 1.53. The van der Waals surface area contributed by atoms with Gasteiger partial charge in [-0.1, -0.05) is 24.3 Å². The third-order valence-corrected chi connectivity index (χ3v) is 4.86. The number of pyridine rings is 1. The number of para-hydroxylation sites is 1. The highest BCUT2D eigenvalue weighted by Gasteiger charge is 2.43. The summed E-state index contributed by atoms with van der Waals surface area (Å²) < 4.78 is 11.9. The molecule has 2 aromatic rings. The summed E-state index contributed by atoms with van der Waals surface area (Å²) in [5.74, 6) is -0.0117. The molecule has 26 heavy (non-hydrogen) atoms. The zero-order valence-electron chi connectivity index (χ0n) is 14.7. The highest BCUT2D eigenvalue weighted by Crippen LogP contribution is 2.27. The molecule has 2 saturated heterocycles. The van der Waals surface area contributed by atoms with E-state index >= 15 is 0 Å². The van der Waals surface area contributed by atoms with Gasteiger partial charge in [0.1, 0.15) is 12.2 Å². The molecule has 2 fully saturated rings. The average Bonchev–Trinajstić information content (AvgIpc) is 2.88. The fourth-order valence-corrected chi connectivity index (χ4v) is 3.58. The lowest BCUT2D eigenvalue weighted by atomic mass is 10.0. The number of anilines is 1. The number of carbonyl (C=O) groups excluding carboxylic acids is 1. The van der Waals surface area contributed by atoms with E-state index < -0.39 is 5.60 Å². The Morgan fingerprint density at radius 2 is 1.92 bits per heavy atom. The lowest BCUT2D eigenvalue weighted by Gasteiger charge is -2.43. The Hall–Kier alpha value is -2.28. The van der Waals surface area contributed by atoms with E-state index in [1.807, 2.05) is 59.6 Å². The van der Waals surface area contributed by atoms with Crippen molar-refractivity contribution in [2.24, 2.45) is 0 Å². The number of nitrogens with zero attached hydrogens (tertiary/aromatic N) is 3. The maximum Gasteiger partial charge on any atom is 0.253 e. The minimum absolute atomic E-state index is 0.0117. The second kappa shape index (κ2) is 7.53. The van der Waals surface area contributed by atoms with Crippen LogP contribution in [0.4, 0.5) is 5.69 Å². The SMILES string of the molecule is O=C1CO[C@@]2(COCCN(Cc3ccccn3)C2)CN1c1ccccc1. The zero-order chi connectivity index (χ0) is 17.8. The van der Waals surface area contributed by atoms with Crippen LogP contribution in [-0.4, -0.2) is 60.8 Å². The van der Waals surface area contributed by atoms with Gasteiger partial charge in [-0.25, -0.2) is 0 Å². The van der Waals surface area contributed by atoms with Gasteiger partial charge in [0.15, 0.2) is 0 Å². The number of carbonyl (C=O) groups is 1. The molecule has 2 aliphatic heterocycles. The van der Waals surface area contributed by atoms with E-state index in [0.29, 0.717) is 26.3 Å². The average molecular weight is 353 g/mol. The monoisotopic (exact) mass is 353 g/mol. The molecule has 1 spiro atoms. The second-order valence-electron chi connectivity index (χ2n) is 6.87. The van der Waals surface area contributed by atoms with E-state index in [-0.39, 0.29) is 12.5 Å². The Morgan fingerprint density at radius 1 is 1.08 bits per heavy atom. The van der Waals surface area contributed by atoms with Crippen molar-refractivity contribution in [1.29, 1.82) is 0 Å². The number of rotatable bonds is 3. The van der Waals surface area contributed by atoms with Crippen molar-refractivity contribution in [2.75, 3.05) is 44.4 Å². The second-order valence-corrected chi connectivity index (χ2v) is 6.87. The predicted octanol–water partition coefficient (Wildman–Crippen LogP) is 1.72. The molecule has 0 N–H and O–H groups in total. The van der Waals surface area contributed by atoms with E-state index in [0.717, 1.165) is 24.5 Å². The minimum Gasteiger partial charge on any atom is -0.377 e. The highest BCUT2D eigenvalue weighted by atomic mass is 16.6. The summed E-state index contributed by atoms with van der Waals surface area (Å²) in [5, 5.41) is 0. The van der Waals surface area contributed by atoms with E-state index in [1.165, 1.54) is 0 Å². The fourth-order valence-electron chi connectivity index (χ4n) is 3.58. The Morgan fingerprint density at radius 3 is 2.73 bits per heavy atom. The molecule has 1 amide bonds. The normalized spacial score (nSPS) is 24.6. The Bertz CT molecular complexity index is 740. The molecule has 0 saturated carbocycles. The molecule has 4 rings (SSSR count). The van der Waals surface area contributed by atoms with E-state index in [1.54, 1.807) is 0 Å². The van der Waals surface area contributed by atoms with Crippen molar-refractivity contribution >= 4 is 11.6 Å². The van der Waals surface area contributed by atoms with Gasteiger partial charge in [0.25, 0.3) is 5.91 Å². The number of aromatic nitrogens is 1. The molecule has 0 unspecified atom stereocenters. The first-order chi connectivity index (χ1) is 12.7. The predicted molar refractivity (Wildman–Crippen MR) is 97.8 cm³/mol. The molecule has 0 aliphatic carbocycles. The van der Waals surface area contributed by atoms with Crippen molar-refractivity contribution in [3.05, 3.63) is 60.4 Å². The quantitative estimate of drug-likeness (QED) is 0.841. The van der Waals surface area contributed by atoms with Gasteiger partial charge in [-0.05, 0) is 24.3 Å². The number of morpholine rings is 1. The van der Waals surface area contributed by atoms with Gasteiger partial charge in [-0.3, -0.25) is 14.7 Å². The van der Waals surface area contributed by atoms with Crippen LogP contribution in [0.15, 0.2) is 54.7 Å². The number of amides is 1. The summed E-state index contributed by atoms with van der Waals surface area (Å²) in [6, 6.07) is 15.7. The largest absolute Gasteiger partial charge is 0.377 e. The topological polar surface area (TPSA) is 54.9 Å². The van der Waals surface area contributed by atoms with Gasteiger partial charge in [-0.2, -0.15) is 0 Å². The first kappa shape index (κ1) is 17.1. The molecule has 1 atom stereocenters. The fraction of sp³-hybridized carbons (Fsp3) is 0.400. The molecule has 3 heterocycles. The first-order valence-corrected chi connectivity index (χ1v) is 8.94. The summed E-state index contributed by atoms with van der Waals surface area (Å²) in [6.45, 7) is 3.99.